The molecule has 0 amide bonds. The van der Waals surface area contributed by atoms with E-state index in [0.29, 0.717) is 0 Å². The Kier molecular flexibility index (Phi) is 5.32. The Labute approximate surface area is 120 Å². The summed E-state index contributed by atoms with van der Waals surface area (Å²) in [5.74, 6) is 1.05. The molecule has 0 atom stereocenters. The van der Waals surface area contributed by atoms with Crippen LogP contribution < -0.4 is 5.32 Å². The number of nitrogens with one attached hydrogen (secondary N) is 1. The van der Waals surface area contributed by atoms with Crippen LogP contribution in [0.1, 0.15) is 22.6 Å². The van der Waals surface area contributed by atoms with Crippen LogP contribution >= 0.6 is 0 Å². The molecule has 20 heavy (non-hydrogen) atoms. The van der Waals surface area contributed by atoms with Gasteiger partial charge in [0, 0.05) is 32.9 Å². The predicted octanol–water partition coefficient (Wildman–Crippen LogP) is 2.28. The van der Waals surface area contributed by atoms with Crippen LogP contribution in [-0.2, 0) is 17.8 Å². The van der Waals surface area contributed by atoms with Gasteiger partial charge in [-0.3, -0.25) is 0 Å². The summed E-state index contributed by atoms with van der Waals surface area (Å²) >= 11 is 0. The average Bonchev–Trinajstić information content (AvgIpc) is 2.79. The molecule has 4 nitrogen and oxygen atoms in total. The number of hydrogen-bond acceptors (Lipinski definition) is 3. The van der Waals surface area contributed by atoms with Gasteiger partial charge in [0.15, 0.2) is 0 Å². The zero-order valence-electron chi connectivity index (χ0n) is 12.5. The van der Waals surface area contributed by atoms with Gasteiger partial charge in [0.1, 0.15) is 5.82 Å². The second-order valence-electron chi connectivity index (χ2n) is 5.04. The molecule has 0 unspecified atom stereocenters. The van der Waals surface area contributed by atoms with E-state index in [4.69, 9.17) is 4.74 Å². The van der Waals surface area contributed by atoms with E-state index < -0.39 is 0 Å². The average molecular weight is 273 g/mol. The van der Waals surface area contributed by atoms with Crippen LogP contribution in [0.15, 0.2) is 30.5 Å². The van der Waals surface area contributed by atoms with Crippen molar-refractivity contribution in [3.05, 3.63) is 53.1 Å². The molecule has 1 aromatic carbocycles. The van der Waals surface area contributed by atoms with Gasteiger partial charge in [-0.05, 0) is 19.4 Å². The largest absolute Gasteiger partial charge is 0.383 e. The highest BCUT2D eigenvalue weighted by Crippen LogP contribution is 2.10. The van der Waals surface area contributed by atoms with Crippen LogP contribution in [0.25, 0.3) is 0 Å². The Bertz CT molecular complexity index is 531. The van der Waals surface area contributed by atoms with E-state index in [1.165, 1.54) is 16.8 Å². The van der Waals surface area contributed by atoms with Crippen LogP contribution in [0.5, 0.6) is 0 Å². The molecule has 4 heteroatoms. The smallest absolute Gasteiger partial charge is 0.106 e. The molecule has 0 aliphatic rings. The summed E-state index contributed by atoms with van der Waals surface area (Å²) in [6.07, 6.45) is 1.95. The molecule has 1 aromatic heterocycles. The summed E-state index contributed by atoms with van der Waals surface area (Å²) in [4.78, 5) is 4.42. The molecule has 0 radical (unpaired) electrons. The van der Waals surface area contributed by atoms with Crippen molar-refractivity contribution in [2.24, 2.45) is 0 Å². The highest BCUT2D eigenvalue weighted by Gasteiger charge is 2.06. The summed E-state index contributed by atoms with van der Waals surface area (Å²) in [5, 5.41) is 3.37. The zero-order valence-corrected chi connectivity index (χ0v) is 12.5. The molecule has 0 saturated carbocycles. The van der Waals surface area contributed by atoms with Crippen LogP contribution in [0.3, 0.4) is 0 Å². The molecular formula is C16H23N3O. The fourth-order valence-electron chi connectivity index (χ4n) is 2.14. The van der Waals surface area contributed by atoms with Crippen LogP contribution in [0.2, 0.25) is 0 Å². The Morgan fingerprint density at radius 1 is 1.20 bits per heavy atom. The third kappa shape index (κ3) is 3.92. The third-order valence-corrected chi connectivity index (χ3v) is 3.39. The number of benzene rings is 1. The molecule has 108 valence electrons. The molecule has 0 fully saturated rings. The van der Waals surface area contributed by atoms with Gasteiger partial charge in [-0.15, -0.1) is 0 Å². The quantitative estimate of drug-likeness (QED) is 0.787. The van der Waals surface area contributed by atoms with Crippen LogP contribution in [0.4, 0.5) is 0 Å². The van der Waals surface area contributed by atoms with Gasteiger partial charge in [0.05, 0.1) is 12.3 Å². The second kappa shape index (κ2) is 7.22. The highest BCUT2D eigenvalue weighted by molar-refractivity contribution is 5.22. The first kappa shape index (κ1) is 14.8. The van der Waals surface area contributed by atoms with E-state index in [1.807, 2.05) is 13.1 Å². The maximum atomic E-state index is 5.04. The van der Waals surface area contributed by atoms with Crippen molar-refractivity contribution in [1.82, 2.24) is 14.9 Å². The lowest BCUT2D eigenvalue weighted by atomic mass is 10.1. The zero-order chi connectivity index (χ0) is 14.4. The Morgan fingerprint density at radius 2 is 1.95 bits per heavy atom. The first-order chi connectivity index (χ1) is 9.70. The summed E-state index contributed by atoms with van der Waals surface area (Å²) in [6.45, 7) is 7.42. The molecule has 1 heterocycles. The van der Waals surface area contributed by atoms with Gasteiger partial charge >= 0.3 is 0 Å². The van der Waals surface area contributed by atoms with Crippen molar-refractivity contribution in [2.45, 2.75) is 26.9 Å². The summed E-state index contributed by atoms with van der Waals surface area (Å²) in [6, 6.07) is 8.66. The van der Waals surface area contributed by atoms with E-state index in [0.717, 1.165) is 32.1 Å². The van der Waals surface area contributed by atoms with E-state index in [2.05, 4.69) is 46.1 Å². The van der Waals surface area contributed by atoms with E-state index in [-0.39, 0.29) is 0 Å². The van der Waals surface area contributed by atoms with Crippen molar-refractivity contribution in [1.29, 1.82) is 0 Å². The summed E-state index contributed by atoms with van der Waals surface area (Å²) in [5.41, 5.74) is 3.80. The number of imidazole rings is 1. The minimum atomic E-state index is 0.727. The van der Waals surface area contributed by atoms with Gasteiger partial charge in [0.2, 0.25) is 0 Å². The molecule has 1 N–H and O–H groups in total. The lowest BCUT2D eigenvalue weighted by Crippen LogP contribution is -2.21. The van der Waals surface area contributed by atoms with Crippen molar-refractivity contribution in [3.63, 3.8) is 0 Å². The van der Waals surface area contributed by atoms with E-state index >= 15 is 0 Å². The number of aryl methyl sites for hydroxylation is 2. The van der Waals surface area contributed by atoms with Gasteiger partial charge in [-0.2, -0.15) is 0 Å². The summed E-state index contributed by atoms with van der Waals surface area (Å²) < 4.78 is 7.29. The molecule has 0 bridgehead atoms. The van der Waals surface area contributed by atoms with Gasteiger partial charge in [-0.25, -0.2) is 4.98 Å². The fraction of sp³-hybridized carbons (Fsp3) is 0.438. The Hall–Kier alpha value is -1.65. The van der Waals surface area contributed by atoms with Crippen LogP contribution in [0, 0.1) is 13.8 Å². The molecule has 0 aliphatic carbocycles. The molecular weight excluding hydrogens is 250 g/mol. The molecule has 2 rings (SSSR count). The fourth-order valence-corrected chi connectivity index (χ4v) is 2.14. The van der Waals surface area contributed by atoms with Crippen molar-refractivity contribution in [2.75, 3.05) is 20.3 Å². The first-order valence-electron chi connectivity index (χ1n) is 6.97. The van der Waals surface area contributed by atoms with Crippen molar-refractivity contribution < 1.29 is 4.74 Å². The van der Waals surface area contributed by atoms with E-state index in [1.54, 1.807) is 7.11 Å². The maximum Gasteiger partial charge on any atom is 0.106 e. The number of rotatable bonds is 7. The predicted molar refractivity (Wildman–Crippen MR) is 80.8 cm³/mol. The van der Waals surface area contributed by atoms with Crippen molar-refractivity contribution in [3.8, 4) is 0 Å². The Balaban J connectivity index is 2.03. The first-order valence-corrected chi connectivity index (χ1v) is 6.97. The number of methoxy groups -OCH3 is 1. The lowest BCUT2D eigenvalue weighted by molar-refractivity contribution is 0.199. The monoisotopic (exact) mass is 273 g/mol. The van der Waals surface area contributed by atoms with E-state index in [9.17, 15) is 0 Å². The second-order valence-corrected chi connectivity index (χ2v) is 5.04. The lowest BCUT2D eigenvalue weighted by Gasteiger charge is -2.11. The standard InChI is InChI=1S/C16H23N3O/c1-13-4-6-15(7-5-13)12-19-14(2)18-11-16(19)10-17-8-9-20-3/h4-7,11,17H,8-10,12H2,1-3H3. The molecule has 0 spiro atoms. The molecule has 0 saturated heterocycles. The van der Waals surface area contributed by atoms with Gasteiger partial charge in [-0.1, -0.05) is 29.8 Å². The summed E-state index contributed by atoms with van der Waals surface area (Å²) in [7, 11) is 1.72. The van der Waals surface area contributed by atoms with Gasteiger partial charge < -0.3 is 14.6 Å². The highest BCUT2D eigenvalue weighted by atomic mass is 16.5. The molecule has 0 aliphatic heterocycles. The maximum absolute atomic E-state index is 5.04. The topological polar surface area (TPSA) is 39.1 Å². The Morgan fingerprint density at radius 3 is 2.65 bits per heavy atom. The minimum Gasteiger partial charge on any atom is -0.383 e. The number of hydrogen-bond donors (Lipinski definition) is 1. The van der Waals surface area contributed by atoms with Crippen molar-refractivity contribution >= 4 is 0 Å². The normalized spacial score (nSPS) is 10.9. The number of ether oxygens (including phenoxy) is 1. The SMILES string of the molecule is COCCNCc1cnc(C)n1Cc1ccc(C)cc1. The number of aromatic nitrogens is 2. The molecule has 2 aromatic rings. The minimum absolute atomic E-state index is 0.727. The number of nitrogens with zero attached hydrogens (tertiary/aromatic N) is 2. The van der Waals surface area contributed by atoms with Gasteiger partial charge in [0.25, 0.3) is 0 Å². The van der Waals surface area contributed by atoms with Crippen LogP contribution in [-0.4, -0.2) is 29.8 Å². The third-order valence-electron chi connectivity index (χ3n) is 3.39.